The third kappa shape index (κ3) is 4.58. The topological polar surface area (TPSA) is 102 Å². The first-order chi connectivity index (χ1) is 11.3. The van der Waals surface area contributed by atoms with E-state index in [-0.39, 0.29) is 11.6 Å². The van der Waals surface area contributed by atoms with Crippen LogP contribution in [-0.2, 0) is 18.8 Å². The number of rotatable bonds is 9. The molecule has 3 unspecified atom stereocenters. The van der Waals surface area contributed by atoms with Crippen LogP contribution in [0.4, 0.5) is 0 Å². The van der Waals surface area contributed by atoms with Gasteiger partial charge in [-0.2, -0.15) is 0 Å². The first-order valence-electron chi connectivity index (χ1n) is 8.79. The maximum atomic E-state index is 12.7. The smallest absolute Gasteiger partial charge is 0.260 e. The van der Waals surface area contributed by atoms with Crippen molar-refractivity contribution in [3.8, 4) is 0 Å². The van der Waals surface area contributed by atoms with E-state index < -0.39 is 37.8 Å². The molecule has 0 spiro atoms. The van der Waals surface area contributed by atoms with E-state index in [1.54, 1.807) is 13.0 Å². The molecule has 1 fully saturated rings. The molecule has 1 aliphatic rings. The zero-order chi connectivity index (χ0) is 19.6. The molecule has 0 aromatic heterocycles. The summed E-state index contributed by atoms with van der Waals surface area (Å²) in [5.41, 5.74) is 4.31. The lowest BCUT2D eigenvalue weighted by atomic mass is 9.91. The van der Waals surface area contributed by atoms with Crippen LogP contribution in [0.2, 0.25) is 18.1 Å². The molecule has 0 aromatic rings. The lowest BCUT2D eigenvalue weighted by Crippen LogP contribution is -2.48. The summed E-state index contributed by atoms with van der Waals surface area (Å²) in [5.74, 6) is -1.18. The molecule has 0 radical (unpaired) electrons. The predicted octanol–water partition coefficient (Wildman–Crippen LogP) is 2.31. The standard InChI is InChI=1S/C18H33NO5Si/c1-12(10-8-9-11-20)14(21)18(16(19)22)15(23-18)13(2)24-25(6,7)17(3,4)5/h10,13,15,20H,8-9,11H2,1-7H3,(H2,19,22). The lowest BCUT2D eigenvalue weighted by molar-refractivity contribution is -0.131. The summed E-state index contributed by atoms with van der Waals surface area (Å²) in [5, 5.41) is 8.85. The molecule has 1 rings (SSSR count). The number of carbonyl (C=O) groups is 2. The van der Waals surface area contributed by atoms with Crippen LogP contribution in [0.25, 0.3) is 0 Å². The Hall–Kier alpha value is -1.02. The van der Waals surface area contributed by atoms with Gasteiger partial charge in [-0.25, -0.2) is 0 Å². The fourth-order valence-electron chi connectivity index (χ4n) is 2.58. The van der Waals surface area contributed by atoms with Crippen molar-refractivity contribution in [1.82, 2.24) is 0 Å². The van der Waals surface area contributed by atoms with Crippen molar-refractivity contribution in [2.75, 3.05) is 6.61 Å². The summed E-state index contributed by atoms with van der Waals surface area (Å²) < 4.78 is 11.8. The number of Topliss-reactive ketones (excluding diaryl/α,β-unsaturated/α-hetero) is 1. The van der Waals surface area contributed by atoms with Crippen LogP contribution in [0.1, 0.15) is 47.5 Å². The molecule has 0 aromatic carbocycles. The second kappa shape index (κ2) is 7.69. The number of nitrogens with two attached hydrogens (primary N) is 1. The molecule has 0 aliphatic carbocycles. The van der Waals surface area contributed by atoms with Gasteiger partial charge < -0.3 is 20.0 Å². The zero-order valence-corrected chi connectivity index (χ0v) is 17.5. The number of epoxide rings is 1. The number of allylic oxidation sites excluding steroid dienone is 1. The van der Waals surface area contributed by atoms with Crippen LogP contribution in [0.3, 0.4) is 0 Å². The van der Waals surface area contributed by atoms with Crippen LogP contribution < -0.4 is 5.73 Å². The maximum Gasteiger partial charge on any atom is 0.260 e. The highest BCUT2D eigenvalue weighted by molar-refractivity contribution is 6.74. The van der Waals surface area contributed by atoms with Gasteiger partial charge in [0.1, 0.15) is 6.10 Å². The Labute approximate surface area is 151 Å². The molecule has 1 saturated heterocycles. The number of carbonyl (C=O) groups excluding carboxylic acids is 2. The van der Waals surface area contributed by atoms with Gasteiger partial charge >= 0.3 is 0 Å². The fourth-order valence-corrected chi connectivity index (χ4v) is 3.99. The number of amides is 1. The average Bonchev–Trinajstić information content (AvgIpc) is 3.22. The van der Waals surface area contributed by atoms with Crippen molar-refractivity contribution < 1.29 is 23.9 Å². The van der Waals surface area contributed by atoms with Crippen molar-refractivity contribution in [3.05, 3.63) is 11.6 Å². The van der Waals surface area contributed by atoms with E-state index in [4.69, 9.17) is 20.0 Å². The third-order valence-electron chi connectivity index (χ3n) is 5.24. The molecule has 0 bridgehead atoms. The quantitative estimate of drug-likeness (QED) is 0.213. The zero-order valence-electron chi connectivity index (χ0n) is 16.5. The van der Waals surface area contributed by atoms with Gasteiger partial charge in [0.2, 0.25) is 11.4 Å². The molecule has 6 nitrogen and oxygen atoms in total. The van der Waals surface area contributed by atoms with Crippen molar-refractivity contribution in [3.63, 3.8) is 0 Å². The van der Waals surface area contributed by atoms with Gasteiger partial charge in [0.25, 0.3) is 5.91 Å². The Balaban J connectivity index is 2.93. The molecule has 1 amide bonds. The van der Waals surface area contributed by atoms with E-state index in [1.807, 2.05) is 6.92 Å². The largest absolute Gasteiger partial charge is 0.411 e. The number of hydrogen-bond acceptors (Lipinski definition) is 5. The van der Waals surface area contributed by atoms with E-state index >= 15 is 0 Å². The third-order valence-corrected chi connectivity index (χ3v) is 9.82. The van der Waals surface area contributed by atoms with Crippen LogP contribution in [-0.4, -0.2) is 49.5 Å². The van der Waals surface area contributed by atoms with Crippen molar-refractivity contribution in [1.29, 1.82) is 0 Å². The molecular formula is C18H33NO5Si. The van der Waals surface area contributed by atoms with Crippen LogP contribution in [0.15, 0.2) is 11.6 Å². The summed E-state index contributed by atoms with van der Waals surface area (Å²) in [4.78, 5) is 24.7. The van der Waals surface area contributed by atoms with E-state index in [1.165, 1.54) is 0 Å². The number of primary amides is 1. The Morgan fingerprint density at radius 3 is 2.40 bits per heavy atom. The normalized spacial score (nSPS) is 25.6. The van der Waals surface area contributed by atoms with E-state index in [9.17, 15) is 9.59 Å². The summed E-state index contributed by atoms with van der Waals surface area (Å²) >= 11 is 0. The second-order valence-electron chi connectivity index (χ2n) is 8.30. The number of ether oxygens (including phenoxy) is 1. The SMILES string of the molecule is CC(=CCCCO)C(=O)C1(C(N)=O)OC1C(C)O[Si](C)(C)C(C)(C)C. The predicted molar refractivity (Wildman–Crippen MR) is 99.6 cm³/mol. The minimum absolute atomic E-state index is 0.00958. The molecule has 25 heavy (non-hydrogen) atoms. The van der Waals surface area contributed by atoms with Crippen LogP contribution in [0.5, 0.6) is 0 Å². The minimum Gasteiger partial charge on any atom is -0.411 e. The molecule has 0 saturated carbocycles. The molecule has 144 valence electrons. The lowest BCUT2D eigenvalue weighted by Gasteiger charge is -2.38. The van der Waals surface area contributed by atoms with Crippen LogP contribution in [0, 0.1) is 0 Å². The maximum absolute atomic E-state index is 12.7. The summed E-state index contributed by atoms with van der Waals surface area (Å²) in [6.45, 7) is 14.1. The molecule has 3 atom stereocenters. The number of hydrogen-bond donors (Lipinski definition) is 2. The molecule has 1 heterocycles. The van der Waals surface area contributed by atoms with E-state index in [2.05, 4.69) is 33.9 Å². The van der Waals surface area contributed by atoms with Crippen molar-refractivity contribution in [2.45, 2.75) is 83.4 Å². The van der Waals surface area contributed by atoms with Crippen molar-refractivity contribution in [2.24, 2.45) is 5.73 Å². The molecule has 7 heteroatoms. The van der Waals surface area contributed by atoms with E-state index in [0.717, 1.165) is 0 Å². The van der Waals surface area contributed by atoms with Gasteiger partial charge in [-0.15, -0.1) is 0 Å². The van der Waals surface area contributed by atoms with Crippen molar-refractivity contribution >= 4 is 20.0 Å². The van der Waals surface area contributed by atoms with Gasteiger partial charge in [0, 0.05) is 6.61 Å². The Kier molecular flexibility index (Phi) is 6.78. The Morgan fingerprint density at radius 2 is 1.96 bits per heavy atom. The van der Waals surface area contributed by atoms with Crippen LogP contribution >= 0.6 is 0 Å². The molecule has 1 aliphatic heterocycles. The molecular weight excluding hydrogens is 338 g/mol. The first-order valence-corrected chi connectivity index (χ1v) is 11.7. The average molecular weight is 372 g/mol. The number of unbranched alkanes of at least 4 members (excludes halogenated alkanes) is 1. The second-order valence-corrected chi connectivity index (χ2v) is 13.1. The number of aliphatic hydroxyl groups excluding tert-OH is 1. The van der Waals surface area contributed by atoms with E-state index in [0.29, 0.717) is 18.4 Å². The van der Waals surface area contributed by atoms with Gasteiger partial charge in [0.05, 0.1) is 6.10 Å². The monoisotopic (exact) mass is 371 g/mol. The molecule has 3 N–H and O–H groups in total. The summed E-state index contributed by atoms with van der Waals surface area (Å²) in [6, 6.07) is 0. The Morgan fingerprint density at radius 1 is 1.40 bits per heavy atom. The highest BCUT2D eigenvalue weighted by Crippen LogP contribution is 2.45. The van der Waals surface area contributed by atoms with Gasteiger partial charge in [0.15, 0.2) is 8.32 Å². The van der Waals surface area contributed by atoms with Gasteiger partial charge in [-0.05, 0) is 50.4 Å². The first kappa shape index (κ1) is 22.0. The fraction of sp³-hybridized carbons (Fsp3) is 0.778. The number of aliphatic hydroxyl groups is 1. The van der Waals surface area contributed by atoms with Gasteiger partial charge in [-0.1, -0.05) is 26.8 Å². The number of ketones is 1. The van der Waals surface area contributed by atoms with Gasteiger partial charge in [-0.3, -0.25) is 9.59 Å². The minimum atomic E-state index is -2.06. The highest BCUT2D eigenvalue weighted by Gasteiger charge is 2.69. The Bertz CT molecular complexity index is 552. The summed E-state index contributed by atoms with van der Waals surface area (Å²) in [7, 11) is -2.06. The highest BCUT2D eigenvalue weighted by atomic mass is 28.4. The summed E-state index contributed by atoms with van der Waals surface area (Å²) in [6.07, 6.45) is 1.77.